The molecule has 20 heavy (non-hydrogen) atoms. The molecule has 0 amide bonds. The fraction of sp³-hybridized carbons (Fsp3) is 0.0769. The van der Waals surface area contributed by atoms with Gasteiger partial charge in [0.25, 0.3) is 10.0 Å². The van der Waals surface area contributed by atoms with Gasteiger partial charge >= 0.3 is 0 Å². The second kappa shape index (κ2) is 5.78. The number of hydrogen-bond acceptors (Lipinski definition) is 3. The molecule has 7 heteroatoms. The van der Waals surface area contributed by atoms with Gasteiger partial charge in [-0.3, -0.25) is 4.72 Å². The van der Waals surface area contributed by atoms with Gasteiger partial charge in [0.2, 0.25) is 0 Å². The van der Waals surface area contributed by atoms with Gasteiger partial charge in [-0.15, -0.1) is 0 Å². The molecule has 0 fully saturated rings. The summed E-state index contributed by atoms with van der Waals surface area (Å²) >= 11 is 5.61. The van der Waals surface area contributed by atoms with E-state index in [1.165, 1.54) is 24.3 Å². The first-order valence-corrected chi connectivity index (χ1v) is 7.55. The molecular weight excluding hydrogens is 303 g/mol. The lowest BCUT2D eigenvalue weighted by molar-refractivity contribution is 0.601. The molecule has 3 N–H and O–H groups in total. The Labute approximate surface area is 121 Å². The monoisotopic (exact) mass is 314 g/mol. The Hall–Kier alpha value is -1.63. The Kier molecular flexibility index (Phi) is 4.27. The third-order valence-electron chi connectivity index (χ3n) is 2.62. The molecule has 0 saturated carbocycles. The predicted molar refractivity (Wildman–Crippen MR) is 76.6 cm³/mol. The average molecular weight is 315 g/mol. The van der Waals surface area contributed by atoms with Crippen molar-refractivity contribution in [3.05, 3.63) is 58.9 Å². The van der Waals surface area contributed by atoms with Crippen LogP contribution in [0.15, 0.2) is 47.4 Å². The van der Waals surface area contributed by atoms with E-state index >= 15 is 0 Å². The van der Waals surface area contributed by atoms with Crippen LogP contribution in [0.2, 0.25) is 5.02 Å². The summed E-state index contributed by atoms with van der Waals surface area (Å²) in [5.41, 5.74) is 6.37. The van der Waals surface area contributed by atoms with E-state index < -0.39 is 15.8 Å². The van der Waals surface area contributed by atoms with E-state index in [1.807, 2.05) is 0 Å². The summed E-state index contributed by atoms with van der Waals surface area (Å²) in [7, 11) is -3.76. The molecule has 0 aliphatic rings. The molecule has 2 aromatic carbocycles. The Morgan fingerprint density at radius 1 is 1.20 bits per heavy atom. The van der Waals surface area contributed by atoms with Crippen LogP contribution < -0.4 is 10.5 Å². The van der Waals surface area contributed by atoms with Crippen molar-refractivity contribution in [1.82, 2.24) is 0 Å². The summed E-state index contributed by atoms with van der Waals surface area (Å²) in [5, 5.41) is -0.152. The van der Waals surface area contributed by atoms with Gasteiger partial charge in [0.1, 0.15) is 5.82 Å². The van der Waals surface area contributed by atoms with E-state index in [1.54, 1.807) is 12.1 Å². The van der Waals surface area contributed by atoms with Crippen LogP contribution in [-0.4, -0.2) is 8.42 Å². The van der Waals surface area contributed by atoms with E-state index in [0.717, 1.165) is 6.07 Å². The SMILES string of the molecule is NCc1cccc(S(=O)(=O)Nc2ccc(F)c(Cl)c2)c1. The summed E-state index contributed by atoms with van der Waals surface area (Å²) in [6.07, 6.45) is 0. The highest BCUT2D eigenvalue weighted by Crippen LogP contribution is 2.22. The molecule has 4 nitrogen and oxygen atoms in total. The van der Waals surface area contributed by atoms with Gasteiger partial charge < -0.3 is 5.73 Å². The van der Waals surface area contributed by atoms with Crippen molar-refractivity contribution < 1.29 is 12.8 Å². The first-order chi connectivity index (χ1) is 9.42. The molecule has 0 radical (unpaired) electrons. The van der Waals surface area contributed by atoms with Crippen molar-refractivity contribution in [2.75, 3.05) is 4.72 Å². The van der Waals surface area contributed by atoms with Gasteiger partial charge in [0.05, 0.1) is 15.6 Å². The number of sulfonamides is 1. The van der Waals surface area contributed by atoms with Crippen molar-refractivity contribution in [3.63, 3.8) is 0 Å². The first-order valence-electron chi connectivity index (χ1n) is 5.69. The number of anilines is 1. The summed E-state index contributed by atoms with van der Waals surface area (Å²) in [6, 6.07) is 9.87. The average Bonchev–Trinajstić information content (AvgIpc) is 2.43. The second-order valence-electron chi connectivity index (χ2n) is 4.09. The van der Waals surface area contributed by atoms with Gasteiger partial charge in [-0.1, -0.05) is 23.7 Å². The quantitative estimate of drug-likeness (QED) is 0.911. The molecule has 0 unspecified atom stereocenters. The third-order valence-corrected chi connectivity index (χ3v) is 4.28. The van der Waals surface area contributed by atoms with Crippen LogP contribution in [0.3, 0.4) is 0 Å². The van der Waals surface area contributed by atoms with Crippen molar-refractivity contribution in [2.45, 2.75) is 11.4 Å². The van der Waals surface area contributed by atoms with Crippen LogP contribution in [0.25, 0.3) is 0 Å². The minimum Gasteiger partial charge on any atom is -0.326 e. The summed E-state index contributed by atoms with van der Waals surface area (Å²) in [4.78, 5) is 0.0842. The van der Waals surface area contributed by atoms with Gasteiger partial charge in [-0.25, -0.2) is 12.8 Å². The number of nitrogens with two attached hydrogens (primary N) is 1. The van der Waals surface area contributed by atoms with Crippen LogP contribution in [0, 0.1) is 5.82 Å². The van der Waals surface area contributed by atoms with Crippen LogP contribution in [0.5, 0.6) is 0 Å². The number of benzene rings is 2. The van der Waals surface area contributed by atoms with Crippen molar-refractivity contribution in [3.8, 4) is 0 Å². The highest BCUT2D eigenvalue weighted by atomic mass is 35.5. The molecule has 0 aliphatic carbocycles. The van der Waals surface area contributed by atoms with Gasteiger partial charge in [0, 0.05) is 6.54 Å². The highest BCUT2D eigenvalue weighted by Gasteiger charge is 2.15. The zero-order chi connectivity index (χ0) is 14.8. The molecule has 2 rings (SSSR count). The largest absolute Gasteiger partial charge is 0.326 e. The van der Waals surface area contributed by atoms with E-state index in [4.69, 9.17) is 17.3 Å². The Morgan fingerprint density at radius 3 is 2.60 bits per heavy atom. The fourth-order valence-electron chi connectivity index (χ4n) is 1.61. The van der Waals surface area contributed by atoms with Gasteiger partial charge in [-0.2, -0.15) is 0 Å². The number of halogens is 2. The summed E-state index contributed by atoms with van der Waals surface area (Å²) < 4.78 is 39.7. The van der Waals surface area contributed by atoms with E-state index in [-0.39, 0.29) is 22.2 Å². The molecular formula is C13H12ClFN2O2S. The van der Waals surface area contributed by atoms with Gasteiger partial charge in [-0.05, 0) is 35.9 Å². The maximum atomic E-state index is 13.0. The smallest absolute Gasteiger partial charge is 0.261 e. The molecule has 0 spiro atoms. The molecule has 0 bridgehead atoms. The molecule has 0 saturated heterocycles. The molecule has 0 aromatic heterocycles. The maximum absolute atomic E-state index is 13.0. The fourth-order valence-corrected chi connectivity index (χ4v) is 2.91. The molecule has 0 atom stereocenters. The van der Waals surface area contributed by atoms with E-state index in [2.05, 4.69) is 4.72 Å². The lowest BCUT2D eigenvalue weighted by Crippen LogP contribution is -2.13. The van der Waals surface area contributed by atoms with Crippen LogP contribution >= 0.6 is 11.6 Å². The van der Waals surface area contributed by atoms with Crippen molar-refractivity contribution in [1.29, 1.82) is 0 Å². The minimum absolute atomic E-state index is 0.0842. The van der Waals surface area contributed by atoms with Crippen LogP contribution in [-0.2, 0) is 16.6 Å². The lowest BCUT2D eigenvalue weighted by atomic mass is 10.2. The topological polar surface area (TPSA) is 72.2 Å². The van der Waals surface area contributed by atoms with Crippen molar-refractivity contribution >= 4 is 27.3 Å². The van der Waals surface area contributed by atoms with Gasteiger partial charge in [0.15, 0.2) is 0 Å². The molecule has 2 aromatic rings. The molecule has 0 heterocycles. The molecule has 106 valence electrons. The Bertz CT molecular complexity index is 735. The normalized spacial score (nSPS) is 11.3. The Balaban J connectivity index is 2.32. The highest BCUT2D eigenvalue weighted by molar-refractivity contribution is 7.92. The standard InChI is InChI=1S/C13H12ClFN2O2S/c14-12-7-10(4-5-13(12)15)17-20(18,19)11-3-1-2-9(6-11)8-16/h1-7,17H,8,16H2. The third kappa shape index (κ3) is 3.27. The minimum atomic E-state index is -3.76. The van der Waals surface area contributed by atoms with Crippen molar-refractivity contribution in [2.24, 2.45) is 5.73 Å². The number of nitrogens with one attached hydrogen (secondary N) is 1. The second-order valence-corrected chi connectivity index (χ2v) is 6.18. The lowest BCUT2D eigenvalue weighted by Gasteiger charge is -2.09. The first kappa shape index (κ1) is 14.8. The van der Waals surface area contributed by atoms with Crippen LogP contribution in [0.4, 0.5) is 10.1 Å². The number of hydrogen-bond donors (Lipinski definition) is 2. The summed E-state index contributed by atoms with van der Waals surface area (Å²) in [6.45, 7) is 0.242. The maximum Gasteiger partial charge on any atom is 0.261 e. The zero-order valence-corrected chi connectivity index (χ0v) is 11.9. The summed E-state index contributed by atoms with van der Waals surface area (Å²) in [5.74, 6) is -0.611. The Morgan fingerprint density at radius 2 is 1.95 bits per heavy atom. The zero-order valence-electron chi connectivity index (χ0n) is 10.3. The predicted octanol–water partition coefficient (Wildman–Crippen LogP) is 2.74. The molecule has 0 aliphatic heterocycles. The van der Waals surface area contributed by atoms with Crippen LogP contribution in [0.1, 0.15) is 5.56 Å². The van der Waals surface area contributed by atoms with E-state index in [0.29, 0.717) is 5.56 Å². The number of rotatable bonds is 4. The van der Waals surface area contributed by atoms with E-state index in [9.17, 15) is 12.8 Å².